The maximum atomic E-state index is 11.4. The average molecular weight is 228 g/mol. The SMILES string of the molecule is C=CCC(NC(=O)CCCC(C)N)C(=O)O. The number of amides is 1. The summed E-state index contributed by atoms with van der Waals surface area (Å²) in [7, 11) is 0. The topological polar surface area (TPSA) is 92.4 Å². The zero-order valence-corrected chi connectivity index (χ0v) is 9.61. The highest BCUT2D eigenvalue weighted by molar-refractivity contribution is 5.83. The minimum Gasteiger partial charge on any atom is -0.480 e. The third-order valence-corrected chi connectivity index (χ3v) is 2.10. The van der Waals surface area contributed by atoms with Gasteiger partial charge in [-0.1, -0.05) is 6.08 Å². The Bertz CT molecular complexity index is 252. The molecule has 0 aliphatic carbocycles. The first-order valence-electron chi connectivity index (χ1n) is 5.36. The molecule has 0 fully saturated rings. The second kappa shape index (κ2) is 7.87. The van der Waals surface area contributed by atoms with Gasteiger partial charge in [0.1, 0.15) is 6.04 Å². The summed E-state index contributed by atoms with van der Waals surface area (Å²) < 4.78 is 0. The molecule has 0 aromatic rings. The van der Waals surface area contributed by atoms with Crippen molar-refractivity contribution in [3.8, 4) is 0 Å². The van der Waals surface area contributed by atoms with Crippen LogP contribution in [0, 0.1) is 0 Å². The van der Waals surface area contributed by atoms with Gasteiger partial charge >= 0.3 is 5.97 Å². The van der Waals surface area contributed by atoms with Crippen molar-refractivity contribution in [1.82, 2.24) is 5.32 Å². The monoisotopic (exact) mass is 228 g/mol. The summed E-state index contributed by atoms with van der Waals surface area (Å²) in [5.41, 5.74) is 5.54. The van der Waals surface area contributed by atoms with Crippen LogP contribution < -0.4 is 11.1 Å². The summed E-state index contributed by atoms with van der Waals surface area (Å²) in [5, 5.41) is 11.2. The lowest BCUT2D eigenvalue weighted by atomic mass is 10.1. The van der Waals surface area contributed by atoms with E-state index in [4.69, 9.17) is 10.8 Å². The van der Waals surface area contributed by atoms with Gasteiger partial charge in [0.25, 0.3) is 0 Å². The van der Waals surface area contributed by atoms with Crippen molar-refractivity contribution in [3.05, 3.63) is 12.7 Å². The largest absolute Gasteiger partial charge is 0.480 e. The average Bonchev–Trinajstić information content (AvgIpc) is 2.16. The van der Waals surface area contributed by atoms with Crippen LogP contribution in [0.25, 0.3) is 0 Å². The summed E-state index contributed by atoms with van der Waals surface area (Å²) in [6, 6.07) is -0.809. The Morgan fingerprint density at radius 2 is 2.19 bits per heavy atom. The lowest BCUT2D eigenvalue weighted by Crippen LogP contribution is -2.40. The van der Waals surface area contributed by atoms with E-state index in [1.54, 1.807) is 0 Å². The van der Waals surface area contributed by atoms with Crippen molar-refractivity contribution < 1.29 is 14.7 Å². The van der Waals surface area contributed by atoms with E-state index in [0.29, 0.717) is 12.8 Å². The van der Waals surface area contributed by atoms with Crippen LogP contribution in [0.4, 0.5) is 0 Å². The molecular formula is C11H20N2O3. The van der Waals surface area contributed by atoms with E-state index in [-0.39, 0.29) is 18.4 Å². The highest BCUT2D eigenvalue weighted by Crippen LogP contribution is 2.00. The van der Waals surface area contributed by atoms with Crippen LogP contribution in [0.15, 0.2) is 12.7 Å². The molecule has 2 unspecified atom stereocenters. The van der Waals surface area contributed by atoms with Crippen LogP contribution in [-0.4, -0.2) is 29.1 Å². The fourth-order valence-electron chi connectivity index (χ4n) is 1.24. The number of aliphatic carboxylic acids is 1. The molecule has 0 radical (unpaired) electrons. The zero-order chi connectivity index (χ0) is 12.6. The van der Waals surface area contributed by atoms with Gasteiger partial charge in [-0.15, -0.1) is 6.58 Å². The van der Waals surface area contributed by atoms with Crippen LogP contribution in [0.2, 0.25) is 0 Å². The van der Waals surface area contributed by atoms with Crippen LogP contribution in [0.5, 0.6) is 0 Å². The molecule has 0 aromatic carbocycles. The number of carboxylic acid groups (broad SMARTS) is 1. The maximum Gasteiger partial charge on any atom is 0.326 e. The zero-order valence-electron chi connectivity index (χ0n) is 9.61. The van der Waals surface area contributed by atoms with E-state index in [2.05, 4.69) is 11.9 Å². The fraction of sp³-hybridized carbons (Fsp3) is 0.636. The molecule has 0 saturated carbocycles. The van der Waals surface area contributed by atoms with Gasteiger partial charge in [-0.05, 0) is 26.2 Å². The fourth-order valence-corrected chi connectivity index (χ4v) is 1.24. The molecule has 5 nitrogen and oxygen atoms in total. The van der Waals surface area contributed by atoms with E-state index in [1.807, 2.05) is 6.92 Å². The highest BCUT2D eigenvalue weighted by Gasteiger charge is 2.17. The number of carboxylic acids is 1. The van der Waals surface area contributed by atoms with E-state index in [9.17, 15) is 9.59 Å². The second-order valence-electron chi connectivity index (χ2n) is 3.85. The molecule has 0 heterocycles. The van der Waals surface area contributed by atoms with Gasteiger partial charge in [0, 0.05) is 12.5 Å². The van der Waals surface area contributed by atoms with Gasteiger partial charge in [-0.25, -0.2) is 4.79 Å². The van der Waals surface area contributed by atoms with Crippen molar-refractivity contribution in [2.45, 2.75) is 44.7 Å². The Balaban J connectivity index is 3.91. The lowest BCUT2D eigenvalue weighted by molar-refractivity contribution is -0.141. The minimum atomic E-state index is -1.04. The summed E-state index contributed by atoms with van der Waals surface area (Å²) in [6.07, 6.45) is 3.44. The number of hydrogen-bond acceptors (Lipinski definition) is 3. The molecule has 5 heteroatoms. The normalized spacial score (nSPS) is 13.9. The maximum absolute atomic E-state index is 11.4. The number of nitrogens with two attached hydrogens (primary N) is 1. The summed E-state index contributed by atoms with van der Waals surface area (Å²) in [5.74, 6) is -1.30. The Morgan fingerprint density at radius 3 is 2.62 bits per heavy atom. The first kappa shape index (κ1) is 14.6. The van der Waals surface area contributed by atoms with Gasteiger partial charge < -0.3 is 16.2 Å². The molecule has 0 aromatic heterocycles. The number of carbonyl (C=O) groups excluding carboxylic acids is 1. The van der Waals surface area contributed by atoms with Crippen molar-refractivity contribution in [3.63, 3.8) is 0 Å². The molecule has 0 aliphatic heterocycles. The molecule has 0 rings (SSSR count). The first-order valence-corrected chi connectivity index (χ1v) is 5.36. The Morgan fingerprint density at radius 1 is 1.56 bits per heavy atom. The predicted octanol–water partition coefficient (Wildman–Crippen LogP) is 0.649. The lowest BCUT2D eigenvalue weighted by Gasteiger charge is -2.12. The Kier molecular flexibility index (Phi) is 7.20. The molecule has 0 spiro atoms. The first-order chi connectivity index (χ1) is 7.47. The van der Waals surface area contributed by atoms with E-state index in [1.165, 1.54) is 6.08 Å². The van der Waals surface area contributed by atoms with E-state index >= 15 is 0 Å². The van der Waals surface area contributed by atoms with Crippen molar-refractivity contribution in [2.24, 2.45) is 5.73 Å². The van der Waals surface area contributed by atoms with Crippen molar-refractivity contribution in [2.75, 3.05) is 0 Å². The molecule has 92 valence electrons. The third kappa shape index (κ3) is 7.00. The number of nitrogens with one attached hydrogen (secondary N) is 1. The summed E-state index contributed by atoms with van der Waals surface area (Å²) in [4.78, 5) is 22.1. The van der Waals surface area contributed by atoms with Gasteiger partial charge in [0.2, 0.25) is 5.91 Å². The molecular weight excluding hydrogens is 208 g/mol. The standard InChI is InChI=1S/C11H20N2O3/c1-3-5-9(11(15)16)13-10(14)7-4-6-8(2)12/h3,8-9H,1,4-7,12H2,2H3,(H,13,14)(H,15,16). The Hall–Kier alpha value is -1.36. The van der Waals surface area contributed by atoms with Gasteiger partial charge in [-0.3, -0.25) is 4.79 Å². The van der Waals surface area contributed by atoms with Gasteiger partial charge in [-0.2, -0.15) is 0 Å². The van der Waals surface area contributed by atoms with E-state index < -0.39 is 12.0 Å². The van der Waals surface area contributed by atoms with E-state index in [0.717, 1.165) is 6.42 Å². The molecule has 0 bridgehead atoms. The quantitative estimate of drug-likeness (QED) is 0.532. The van der Waals surface area contributed by atoms with Crippen molar-refractivity contribution >= 4 is 11.9 Å². The van der Waals surface area contributed by atoms with Crippen LogP contribution >= 0.6 is 0 Å². The summed E-state index contributed by atoms with van der Waals surface area (Å²) in [6.45, 7) is 5.32. The molecule has 0 saturated heterocycles. The van der Waals surface area contributed by atoms with Crippen LogP contribution in [0.1, 0.15) is 32.6 Å². The smallest absolute Gasteiger partial charge is 0.326 e. The highest BCUT2D eigenvalue weighted by atomic mass is 16.4. The number of rotatable bonds is 8. The van der Waals surface area contributed by atoms with Crippen LogP contribution in [0.3, 0.4) is 0 Å². The molecule has 1 amide bonds. The Labute approximate surface area is 95.7 Å². The molecule has 2 atom stereocenters. The van der Waals surface area contributed by atoms with Gasteiger partial charge in [0.15, 0.2) is 0 Å². The third-order valence-electron chi connectivity index (χ3n) is 2.10. The molecule has 0 aliphatic rings. The number of hydrogen-bond donors (Lipinski definition) is 3. The van der Waals surface area contributed by atoms with Gasteiger partial charge in [0.05, 0.1) is 0 Å². The number of carbonyl (C=O) groups is 2. The summed E-state index contributed by atoms with van der Waals surface area (Å²) >= 11 is 0. The predicted molar refractivity (Wildman–Crippen MR) is 61.9 cm³/mol. The van der Waals surface area contributed by atoms with Crippen LogP contribution in [-0.2, 0) is 9.59 Å². The second-order valence-corrected chi connectivity index (χ2v) is 3.85. The molecule has 4 N–H and O–H groups in total. The van der Waals surface area contributed by atoms with Crippen molar-refractivity contribution in [1.29, 1.82) is 0 Å². The molecule has 16 heavy (non-hydrogen) atoms. The minimum absolute atomic E-state index is 0.0660.